The van der Waals surface area contributed by atoms with Crippen LogP contribution in [-0.4, -0.2) is 60.9 Å². The Labute approximate surface area is 230 Å². The monoisotopic (exact) mass is 542 g/mol. The fourth-order valence-corrected chi connectivity index (χ4v) is 7.17. The molecule has 1 fully saturated rings. The van der Waals surface area contributed by atoms with Gasteiger partial charge in [0.1, 0.15) is 12.1 Å². The third-order valence-corrected chi connectivity index (χ3v) is 9.91. The summed E-state index contributed by atoms with van der Waals surface area (Å²) in [6, 6.07) is 13.9. The Morgan fingerprint density at radius 3 is 2.59 bits per heavy atom. The Hall–Kier alpha value is -3.40. The molecular weight excluding hydrogens is 508 g/mol. The molecule has 6 rings (SSSR count). The van der Waals surface area contributed by atoms with Crippen molar-refractivity contribution in [3.63, 3.8) is 0 Å². The highest BCUT2D eigenvalue weighted by Gasteiger charge is 2.27. The van der Waals surface area contributed by atoms with E-state index in [4.69, 9.17) is 4.98 Å². The summed E-state index contributed by atoms with van der Waals surface area (Å²) in [4.78, 5) is 16.1. The summed E-state index contributed by atoms with van der Waals surface area (Å²) in [5, 5.41) is 4.35. The van der Waals surface area contributed by atoms with Crippen LogP contribution in [0.25, 0.3) is 22.0 Å². The van der Waals surface area contributed by atoms with Crippen molar-refractivity contribution in [3.05, 3.63) is 77.9 Å². The molecule has 202 valence electrons. The number of pyridine rings is 1. The zero-order valence-electron chi connectivity index (χ0n) is 22.5. The molecule has 2 aliphatic rings. The molecule has 1 N–H and O–H groups in total. The van der Waals surface area contributed by atoms with E-state index in [1.165, 1.54) is 9.87 Å². The lowest BCUT2D eigenvalue weighted by Crippen LogP contribution is -2.37. The Kier molecular flexibility index (Phi) is 7.05. The molecule has 39 heavy (non-hydrogen) atoms. The number of hydrogen-bond donors (Lipinski definition) is 1. The Bertz CT molecular complexity index is 1600. The molecule has 0 aliphatic carbocycles. The number of piperidine rings is 1. The van der Waals surface area contributed by atoms with E-state index in [-0.39, 0.29) is 0 Å². The van der Waals surface area contributed by atoms with Crippen LogP contribution >= 0.6 is 0 Å². The van der Waals surface area contributed by atoms with Crippen molar-refractivity contribution in [2.75, 3.05) is 38.1 Å². The molecule has 0 saturated carbocycles. The maximum absolute atomic E-state index is 13.5. The van der Waals surface area contributed by atoms with E-state index in [0.717, 1.165) is 77.9 Å². The second-order valence-corrected chi connectivity index (χ2v) is 12.7. The van der Waals surface area contributed by atoms with Gasteiger partial charge in [-0.3, -0.25) is 4.98 Å². The normalized spacial score (nSPS) is 16.5. The molecule has 2 aliphatic heterocycles. The Morgan fingerprint density at radius 2 is 1.79 bits per heavy atom. The van der Waals surface area contributed by atoms with Gasteiger partial charge in [0.25, 0.3) is 0 Å². The molecular formula is C30H34N6O2S. The van der Waals surface area contributed by atoms with Crippen molar-refractivity contribution < 1.29 is 8.42 Å². The number of nitrogens with zero attached hydrogens (tertiary/aromatic N) is 5. The SMILES string of the molecule is Cc1cc(-c2ccncc2)cc2c(N3CCc4ccc(S(=O)(=O)N(C)CC5CCNCC5)cc4C3)ncnc12. The summed E-state index contributed by atoms with van der Waals surface area (Å²) in [5.74, 6) is 1.27. The Morgan fingerprint density at radius 1 is 1.00 bits per heavy atom. The predicted octanol–water partition coefficient (Wildman–Crippen LogP) is 4.18. The summed E-state index contributed by atoms with van der Waals surface area (Å²) in [5.41, 5.74) is 6.44. The third kappa shape index (κ3) is 5.14. The molecule has 0 atom stereocenters. The van der Waals surface area contributed by atoms with Crippen LogP contribution in [0, 0.1) is 12.8 Å². The molecule has 0 radical (unpaired) electrons. The van der Waals surface area contributed by atoms with Gasteiger partial charge >= 0.3 is 0 Å². The molecule has 4 aromatic rings. The van der Waals surface area contributed by atoms with Gasteiger partial charge in [-0.25, -0.2) is 22.7 Å². The van der Waals surface area contributed by atoms with E-state index in [0.29, 0.717) is 23.9 Å². The smallest absolute Gasteiger partial charge is 0.242 e. The van der Waals surface area contributed by atoms with Crippen LogP contribution in [-0.2, 0) is 23.0 Å². The standard InChI is InChI=1S/C30H34N6O2S/c1-21-15-25(24-7-12-32-13-8-24)17-28-29(21)33-20-34-30(28)36-14-9-23-3-4-27(16-26(23)19-36)39(37,38)35(2)18-22-5-10-31-11-6-22/h3-4,7-8,12-13,15-17,20,22,31H,5-6,9-11,14,18-19H2,1-2H3. The quantitative estimate of drug-likeness (QED) is 0.391. The van der Waals surface area contributed by atoms with Gasteiger partial charge in [0.2, 0.25) is 10.0 Å². The number of nitrogens with one attached hydrogen (secondary N) is 1. The minimum Gasteiger partial charge on any atom is -0.351 e. The number of hydrogen-bond acceptors (Lipinski definition) is 7. The fourth-order valence-electron chi connectivity index (χ4n) is 5.88. The van der Waals surface area contributed by atoms with Gasteiger partial charge < -0.3 is 10.2 Å². The molecule has 9 heteroatoms. The van der Waals surface area contributed by atoms with Gasteiger partial charge in [-0.05, 0) is 109 Å². The molecule has 2 aromatic carbocycles. The molecule has 8 nitrogen and oxygen atoms in total. The van der Waals surface area contributed by atoms with Crippen molar-refractivity contribution in [2.24, 2.45) is 5.92 Å². The third-order valence-electron chi connectivity index (χ3n) is 8.09. The van der Waals surface area contributed by atoms with Crippen LogP contribution < -0.4 is 10.2 Å². The summed E-state index contributed by atoms with van der Waals surface area (Å²) in [6.45, 7) is 5.94. The van der Waals surface area contributed by atoms with Crippen molar-refractivity contribution in [3.8, 4) is 11.1 Å². The highest BCUT2D eigenvalue weighted by atomic mass is 32.2. The molecule has 0 unspecified atom stereocenters. The molecule has 0 bridgehead atoms. The lowest BCUT2D eigenvalue weighted by Gasteiger charge is -2.31. The number of aromatic nitrogens is 3. The number of sulfonamides is 1. The minimum absolute atomic E-state index is 0.364. The lowest BCUT2D eigenvalue weighted by molar-refractivity contribution is 0.311. The first-order valence-electron chi connectivity index (χ1n) is 13.6. The van der Waals surface area contributed by atoms with E-state index in [9.17, 15) is 8.42 Å². The molecule has 4 heterocycles. The highest BCUT2D eigenvalue weighted by Crippen LogP contribution is 2.34. The lowest BCUT2D eigenvalue weighted by atomic mass is 9.98. The van der Waals surface area contributed by atoms with Gasteiger partial charge in [0.05, 0.1) is 10.4 Å². The van der Waals surface area contributed by atoms with Crippen LogP contribution in [0.3, 0.4) is 0 Å². The Balaban J connectivity index is 1.30. The van der Waals surface area contributed by atoms with Gasteiger partial charge in [-0.2, -0.15) is 0 Å². The van der Waals surface area contributed by atoms with Crippen molar-refractivity contribution in [1.82, 2.24) is 24.6 Å². The molecule has 0 spiro atoms. The maximum atomic E-state index is 13.5. The number of fused-ring (bicyclic) bond motifs is 2. The molecule has 0 amide bonds. The first-order chi connectivity index (χ1) is 18.9. The topological polar surface area (TPSA) is 91.3 Å². The van der Waals surface area contributed by atoms with Crippen molar-refractivity contribution >= 4 is 26.7 Å². The summed E-state index contributed by atoms with van der Waals surface area (Å²) >= 11 is 0. The van der Waals surface area contributed by atoms with E-state index in [1.54, 1.807) is 31.8 Å². The first kappa shape index (κ1) is 25.9. The van der Waals surface area contributed by atoms with Crippen LogP contribution in [0.2, 0.25) is 0 Å². The largest absolute Gasteiger partial charge is 0.351 e. The van der Waals surface area contributed by atoms with E-state index in [2.05, 4.69) is 39.2 Å². The highest BCUT2D eigenvalue weighted by molar-refractivity contribution is 7.89. The number of rotatable bonds is 6. The summed E-state index contributed by atoms with van der Waals surface area (Å²) in [6.07, 6.45) is 8.07. The predicted molar refractivity (Wildman–Crippen MR) is 154 cm³/mol. The average Bonchev–Trinajstić information content (AvgIpc) is 2.97. The van der Waals surface area contributed by atoms with Crippen LogP contribution in [0.4, 0.5) is 5.82 Å². The van der Waals surface area contributed by atoms with Gasteiger partial charge in [-0.15, -0.1) is 0 Å². The zero-order valence-corrected chi connectivity index (χ0v) is 23.3. The second-order valence-electron chi connectivity index (χ2n) is 10.7. The first-order valence-corrected chi connectivity index (χ1v) is 15.0. The minimum atomic E-state index is -3.57. The van der Waals surface area contributed by atoms with Crippen LogP contribution in [0.5, 0.6) is 0 Å². The molecule has 2 aromatic heterocycles. The van der Waals surface area contributed by atoms with E-state index in [1.807, 2.05) is 24.3 Å². The number of anilines is 1. The second kappa shape index (κ2) is 10.6. The summed E-state index contributed by atoms with van der Waals surface area (Å²) < 4.78 is 28.5. The van der Waals surface area contributed by atoms with Gasteiger partial charge in [0, 0.05) is 44.5 Å². The summed E-state index contributed by atoms with van der Waals surface area (Å²) in [7, 11) is -1.86. The number of aryl methyl sites for hydroxylation is 1. The number of benzene rings is 2. The van der Waals surface area contributed by atoms with Crippen LogP contribution in [0.1, 0.15) is 29.5 Å². The van der Waals surface area contributed by atoms with E-state index < -0.39 is 10.0 Å². The van der Waals surface area contributed by atoms with Crippen molar-refractivity contribution in [2.45, 2.75) is 37.6 Å². The van der Waals surface area contributed by atoms with Crippen LogP contribution in [0.15, 0.2) is 66.1 Å². The maximum Gasteiger partial charge on any atom is 0.242 e. The van der Waals surface area contributed by atoms with E-state index >= 15 is 0 Å². The zero-order chi connectivity index (χ0) is 27.0. The van der Waals surface area contributed by atoms with Gasteiger partial charge in [0.15, 0.2) is 0 Å². The van der Waals surface area contributed by atoms with Gasteiger partial charge in [-0.1, -0.05) is 6.07 Å². The van der Waals surface area contributed by atoms with Crippen molar-refractivity contribution in [1.29, 1.82) is 0 Å². The average molecular weight is 543 g/mol. The molecule has 1 saturated heterocycles. The fraction of sp³-hybridized carbons (Fsp3) is 0.367.